The van der Waals surface area contributed by atoms with Crippen molar-refractivity contribution < 1.29 is 15.0 Å². The number of benzene rings is 2. The molecule has 4 heteroatoms. The van der Waals surface area contributed by atoms with Crippen LogP contribution in [-0.2, 0) is 4.79 Å². The van der Waals surface area contributed by atoms with Gasteiger partial charge in [0.1, 0.15) is 6.10 Å². The van der Waals surface area contributed by atoms with Crippen molar-refractivity contribution in [2.45, 2.75) is 25.6 Å². The first-order valence-corrected chi connectivity index (χ1v) is 7.34. The summed E-state index contributed by atoms with van der Waals surface area (Å²) in [5.74, 6) is -0.146. The normalized spacial score (nSPS) is 13.4. The van der Waals surface area contributed by atoms with Crippen LogP contribution in [0.2, 0.25) is 0 Å². The minimum absolute atomic E-state index is 0.146. The van der Waals surface area contributed by atoms with Gasteiger partial charge in [-0.15, -0.1) is 0 Å². The molecule has 2 unspecified atom stereocenters. The summed E-state index contributed by atoms with van der Waals surface area (Å²) in [6, 6.07) is 17.4. The predicted octanol–water partition coefficient (Wildman–Crippen LogP) is 2.27. The molecule has 0 aliphatic carbocycles. The first kappa shape index (κ1) is 16.2. The standard InChI is InChI=1S/C18H21NO3/c1-13(20)19-11-10-17(21)18(22)16-9-5-8-15(12-16)14-6-3-2-4-7-14/h2-9,12,17-18,21-22H,10-11H2,1H3,(H,19,20). The molecule has 116 valence electrons. The summed E-state index contributed by atoms with van der Waals surface area (Å²) < 4.78 is 0. The second-order valence-electron chi connectivity index (χ2n) is 5.28. The summed E-state index contributed by atoms with van der Waals surface area (Å²) in [7, 11) is 0. The highest BCUT2D eigenvalue weighted by Gasteiger charge is 2.18. The van der Waals surface area contributed by atoms with Gasteiger partial charge in [-0.3, -0.25) is 4.79 Å². The van der Waals surface area contributed by atoms with E-state index in [1.165, 1.54) is 6.92 Å². The van der Waals surface area contributed by atoms with E-state index in [1.807, 2.05) is 48.5 Å². The number of hydrogen-bond acceptors (Lipinski definition) is 3. The van der Waals surface area contributed by atoms with Crippen molar-refractivity contribution in [3.63, 3.8) is 0 Å². The van der Waals surface area contributed by atoms with Crippen LogP contribution in [0.25, 0.3) is 11.1 Å². The Morgan fingerprint density at radius 1 is 1.05 bits per heavy atom. The van der Waals surface area contributed by atoms with E-state index >= 15 is 0 Å². The van der Waals surface area contributed by atoms with Gasteiger partial charge in [-0.05, 0) is 29.2 Å². The molecule has 1 amide bonds. The average Bonchev–Trinajstić information content (AvgIpc) is 2.54. The number of carbonyl (C=O) groups excluding carboxylic acids is 1. The summed E-state index contributed by atoms with van der Waals surface area (Å²) in [6.07, 6.45) is -1.59. The summed E-state index contributed by atoms with van der Waals surface area (Å²) in [4.78, 5) is 10.8. The first-order valence-electron chi connectivity index (χ1n) is 7.34. The number of rotatable bonds is 6. The molecule has 0 aromatic heterocycles. The molecule has 0 radical (unpaired) electrons. The van der Waals surface area contributed by atoms with Crippen molar-refractivity contribution in [2.75, 3.05) is 6.54 Å². The molecule has 2 aromatic carbocycles. The van der Waals surface area contributed by atoms with Crippen LogP contribution < -0.4 is 5.32 Å². The Kier molecular flexibility index (Phi) is 5.69. The Morgan fingerprint density at radius 3 is 2.41 bits per heavy atom. The van der Waals surface area contributed by atoms with Gasteiger partial charge in [-0.2, -0.15) is 0 Å². The van der Waals surface area contributed by atoms with E-state index in [-0.39, 0.29) is 5.91 Å². The van der Waals surface area contributed by atoms with Gasteiger partial charge in [-0.25, -0.2) is 0 Å². The number of aliphatic hydroxyl groups is 2. The third-order valence-corrected chi connectivity index (χ3v) is 3.51. The predicted molar refractivity (Wildman–Crippen MR) is 86.1 cm³/mol. The van der Waals surface area contributed by atoms with Gasteiger partial charge in [0.2, 0.25) is 5.91 Å². The molecular formula is C18H21NO3. The fraction of sp³-hybridized carbons (Fsp3) is 0.278. The minimum Gasteiger partial charge on any atom is -0.390 e. The number of hydrogen-bond donors (Lipinski definition) is 3. The molecule has 2 rings (SSSR count). The van der Waals surface area contributed by atoms with Gasteiger partial charge < -0.3 is 15.5 Å². The number of amides is 1. The van der Waals surface area contributed by atoms with Crippen molar-refractivity contribution in [3.05, 3.63) is 60.2 Å². The van der Waals surface area contributed by atoms with E-state index in [0.29, 0.717) is 18.5 Å². The van der Waals surface area contributed by atoms with Gasteiger partial charge in [0.25, 0.3) is 0 Å². The number of aliphatic hydroxyl groups excluding tert-OH is 2. The maximum Gasteiger partial charge on any atom is 0.216 e. The molecule has 2 atom stereocenters. The van der Waals surface area contributed by atoms with Crippen LogP contribution in [0, 0.1) is 0 Å². The highest BCUT2D eigenvalue weighted by molar-refractivity contribution is 5.72. The second kappa shape index (κ2) is 7.73. The van der Waals surface area contributed by atoms with Crippen molar-refractivity contribution >= 4 is 5.91 Å². The Morgan fingerprint density at radius 2 is 1.73 bits per heavy atom. The second-order valence-corrected chi connectivity index (χ2v) is 5.28. The van der Waals surface area contributed by atoms with Crippen molar-refractivity contribution in [2.24, 2.45) is 0 Å². The monoisotopic (exact) mass is 299 g/mol. The quantitative estimate of drug-likeness (QED) is 0.766. The van der Waals surface area contributed by atoms with E-state index < -0.39 is 12.2 Å². The van der Waals surface area contributed by atoms with Gasteiger partial charge in [-0.1, -0.05) is 48.5 Å². The smallest absolute Gasteiger partial charge is 0.216 e. The molecule has 0 aliphatic rings. The SMILES string of the molecule is CC(=O)NCCC(O)C(O)c1cccc(-c2ccccc2)c1. The van der Waals surface area contributed by atoms with E-state index in [2.05, 4.69) is 5.32 Å². The molecule has 0 saturated heterocycles. The van der Waals surface area contributed by atoms with Gasteiger partial charge in [0.15, 0.2) is 0 Å². The summed E-state index contributed by atoms with van der Waals surface area (Å²) in [5, 5.41) is 22.9. The molecule has 0 bridgehead atoms. The van der Waals surface area contributed by atoms with E-state index in [4.69, 9.17) is 0 Å². The maximum atomic E-state index is 10.8. The Hall–Kier alpha value is -2.17. The molecular weight excluding hydrogens is 278 g/mol. The zero-order valence-corrected chi connectivity index (χ0v) is 12.6. The maximum absolute atomic E-state index is 10.8. The molecule has 3 N–H and O–H groups in total. The molecule has 0 heterocycles. The van der Waals surface area contributed by atoms with Crippen LogP contribution in [-0.4, -0.2) is 28.8 Å². The number of nitrogens with one attached hydrogen (secondary N) is 1. The Labute approximate surface area is 130 Å². The Balaban J connectivity index is 2.07. The lowest BCUT2D eigenvalue weighted by Gasteiger charge is -2.19. The van der Waals surface area contributed by atoms with Crippen LogP contribution in [0.3, 0.4) is 0 Å². The average molecular weight is 299 g/mol. The third-order valence-electron chi connectivity index (χ3n) is 3.51. The van der Waals surface area contributed by atoms with Crippen molar-refractivity contribution in [1.82, 2.24) is 5.32 Å². The summed E-state index contributed by atoms with van der Waals surface area (Å²) in [5.41, 5.74) is 2.71. The fourth-order valence-corrected chi connectivity index (χ4v) is 2.31. The highest BCUT2D eigenvalue weighted by Crippen LogP contribution is 2.25. The molecule has 22 heavy (non-hydrogen) atoms. The van der Waals surface area contributed by atoms with E-state index in [1.54, 1.807) is 6.07 Å². The van der Waals surface area contributed by atoms with Crippen molar-refractivity contribution in [1.29, 1.82) is 0 Å². The molecule has 0 spiro atoms. The molecule has 0 aliphatic heterocycles. The molecule has 4 nitrogen and oxygen atoms in total. The molecule has 0 saturated carbocycles. The van der Waals surface area contributed by atoms with Crippen LogP contribution in [0.1, 0.15) is 25.0 Å². The van der Waals surface area contributed by atoms with E-state index in [0.717, 1.165) is 11.1 Å². The minimum atomic E-state index is -0.975. The van der Waals surface area contributed by atoms with Crippen molar-refractivity contribution in [3.8, 4) is 11.1 Å². The first-order chi connectivity index (χ1) is 10.6. The molecule has 0 fully saturated rings. The lowest BCUT2D eigenvalue weighted by molar-refractivity contribution is -0.119. The topological polar surface area (TPSA) is 69.6 Å². The lowest BCUT2D eigenvalue weighted by Crippen LogP contribution is -2.27. The zero-order valence-electron chi connectivity index (χ0n) is 12.6. The highest BCUT2D eigenvalue weighted by atomic mass is 16.3. The van der Waals surface area contributed by atoms with Crippen LogP contribution in [0.5, 0.6) is 0 Å². The largest absolute Gasteiger partial charge is 0.390 e. The van der Waals surface area contributed by atoms with Gasteiger partial charge in [0, 0.05) is 13.5 Å². The van der Waals surface area contributed by atoms with Crippen LogP contribution >= 0.6 is 0 Å². The van der Waals surface area contributed by atoms with Crippen LogP contribution in [0.15, 0.2) is 54.6 Å². The third kappa shape index (κ3) is 4.41. The summed E-state index contributed by atoms with van der Waals surface area (Å²) >= 11 is 0. The molecule has 2 aromatic rings. The fourth-order valence-electron chi connectivity index (χ4n) is 2.31. The zero-order chi connectivity index (χ0) is 15.9. The Bertz CT molecular complexity index is 613. The van der Waals surface area contributed by atoms with E-state index in [9.17, 15) is 15.0 Å². The van der Waals surface area contributed by atoms with Gasteiger partial charge in [0.05, 0.1) is 6.10 Å². The van der Waals surface area contributed by atoms with Gasteiger partial charge >= 0.3 is 0 Å². The summed E-state index contributed by atoms with van der Waals surface area (Å²) in [6.45, 7) is 1.76. The number of carbonyl (C=O) groups is 1. The lowest BCUT2D eigenvalue weighted by atomic mass is 9.97. The van der Waals surface area contributed by atoms with Crippen LogP contribution in [0.4, 0.5) is 0 Å².